The molecule has 1 aromatic carbocycles. The number of likely N-dealkylation sites (tertiary alicyclic amines) is 1. The van der Waals surface area contributed by atoms with Crippen molar-refractivity contribution in [2.45, 2.75) is 26.0 Å². The molecule has 136 valence electrons. The van der Waals surface area contributed by atoms with Crippen LogP contribution in [-0.2, 0) is 4.79 Å². The monoisotopic (exact) mass is 358 g/mol. The first-order chi connectivity index (χ1) is 10.9. The second-order valence-electron chi connectivity index (χ2n) is 6.32. The molecule has 1 aliphatic rings. The van der Waals surface area contributed by atoms with Crippen molar-refractivity contribution in [2.75, 3.05) is 39.8 Å². The molecule has 0 spiro atoms. The van der Waals surface area contributed by atoms with E-state index in [4.69, 9.17) is 9.84 Å². The highest BCUT2D eigenvalue weighted by atomic mass is 35.5. The van der Waals surface area contributed by atoms with Crippen LogP contribution in [0.5, 0.6) is 5.75 Å². The summed E-state index contributed by atoms with van der Waals surface area (Å²) in [5, 5.41) is 19.0. The van der Waals surface area contributed by atoms with Crippen molar-refractivity contribution in [1.29, 1.82) is 0 Å². The van der Waals surface area contributed by atoms with Crippen LogP contribution >= 0.6 is 12.4 Å². The summed E-state index contributed by atoms with van der Waals surface area (Å²) in [5.74, 6) is 0.0145. The summed E-state index contributed by atoms with van der Waals surface area (Å²) < 4.78 is 5.84. The van der Waals surface area contributed by atoms with Gasteiger partial charge in [0.2, 0.25) is 0 Å². The number of β-amino-alcohol motifs (C(OH)–C–C–N with tert-alkyl or cyclic N) is 1. The number of nitrogens with zero attached hydrogens (tertiary/aromatic N) is 2. The second-order valence-corrected chi connectivity index (χ2v) is 6.32. The van der Waals surface area contributed by atoms with Crippen LogP contribution in [0.1, 0.15) is 11.1 Å². The fraction of sp³-hybridized carbons (Fsp3) is 0.588. The number of aliphatic hydroxyl groups is 1. The topological polar surface area (TPSA) is 73.2 Å². The number of carboxylic acids is 1. The number of benzene rings is 1. The predicted octanol–water partition coefficient (Wildman–Crippen LogP) is 1.17. The van der Waals surface area contributed by atoms with Crippen molar-refractivity contribution < 1.29 is 19.7 Å². The summed E-state index contributed by atoms with van der Waals surface area (Å²) in [6.07, 6.45) is -0.528. The molecule has 0 saturated carbocycles. The van der Waals surface area contributed by atoms with Gasteiger partial charge < -0.3 is 14.9 Å². The molecule has 0 amide bonds. The van der Waals surface area contributed by atoms with Crippen LogP contribution in [0.4, 0.5) is 0 Å². The fourth-order valence-corrected chi connectivity index (χ4v) is 2.94. The normalized spacial score (nSPS) is 20.9. The zero-order valence-electron chi connectivity index (χ0n) is 14.4. The maximum atomic E-state index is 10.8. The largest absolute Gasteiger partial charge is 0.492 e. The maximum Gasteiger partial charge on any atom is 0.317 e. The number of halogens is 1. The minimum Gasteiger partial charge on any atom is -0.492 e. The van der Waals surface area contributed by atoms with Crippen molar-refractivity contribution in [2.24, 2.45) is 0 Å². The van der Waals surface area contributed by atoms with Crippen LogP contribution < -0.4 is 4.74 Å². The number of likely N-dealkylation sites (N-methyl/N-ethyl adjacent to an activating group) is 1. The molecule has 24 heavy (non-hydrogen) atoms. The SMILES string of the molecule is Cc1ccc(C)c(OCCN2CC(N(C)CC(=O)O)[C@H](O)C2)c1.Cl. The third-order valence-corrected chi connectivity index (χ3v) is 4.29. The number of rotatable bonds is 7. The van der Waals surface area contributed by atoms with E-state index in [1.54, 1.807) is 11.9 Å². The van der Waals surface area contributed by atoms with Crippen LogP contribution in [0, 0.1) is 13.8 Å². The van der Waals surface area contributed by atoms with Crippen molar-refractivity contribution >= 4 is 18.4 Å². The highest BCUT2D eigenvalue weighted by Gasteiger charge is 2.34. The first-order valence-corrected chi connectivity index (χ1v) is 7.89. The first-order valence-electron chi connectivity index (χ1n) is 7.89. The van der Waals surface area contributed by atoms with Gasteiger partial charge in [-0.3, -0.25) is 14.6 Å². The van der Waals surface area contributed by atoms with E-state index in [1.807, 2.05) is 26.0 Å². The summed E-state index contributed by atoms with van der Waals surface area (Å²) in [6.45, 7) is 6.45. The average molecular weight is 359 g/mol. The summed E-state index contributed by atoms with van der Waals surface area (Å²) in [5.41, 5.74) is 2.27. The van der Waals surface area contributed by atoms with Crippen LogP contribution in [0.15, 0.2) is 18.2 Å². The lowest BCUT2D eigenvalue weighted by Gasteiger charge is -2.24. The minimum absolute atomic E-state index is 0. The maximum absolute atomic E-state index is 10.8. The molecule has 2 atom stereocenters. The number of hydrogen-bond acceptors (Lipinski definition) is 5. The van der Waals surface area contributed by atoms with Gasteiger partial charge in [0.1, 0.15) is 12.4 Å². The molecule has 1 heterocycles. The molecule has 2 N–H and O–H groups in total. The Morgan fingerprint density at radius 1 is 1.38 bits per heavy atom. The number of ether oxygens (including phenoxy) is 1. The molecule has 1 unspecified atom stereocenters. The van der Waals surface area contributed by atoms with Gasteiger partial charge in [-0.2, -0.15) is 0 Å². The van der Waals surface area contributed by atoms with Gasteiger partial charge in [0, 0.05) is 25.7 Å². The Bertz CT molecular complexity index is 555. The number of aryl methyl sites for hydroxylation is 2. The number of carbonyl (C=O) groups is 1. The lowest BCUT2D eigenvalue weighted by atomic mass is 10.1. The zero-order chi connectivity index (χ0) is 17.0. The molecule has 7 heteroatoms. The Morgan fingerprint density at radius 2 is 2.08 bits per heavy atom. The van der Waals surface area contributed by atoms with Crippen molar-refractivity contribution in [1.82, 2.24) is 9.80 Å². The van der Waals surface area contributed by atoms with E-state index >= 15 is 0 Å². The van der Waals surface area contributed by atoms with E-state index in [9.17, 15) is 9.90 Å². The van der Waals surface area contributed by atoms with Gasteiger partial charge in [-0.1, -0.05) is 12.1 Å². The third kappa shape index (κ3) is 5.63. The van der Waals surface area contributed by atoms with Gasteiger partial charge >= 0.3 is 5.97 Å². The second kappa shape index (κ2) is 9.22. The lowest BCUT2D eigenvalue weighted by molar-refractivity contribution is -0.138. The number of carboxylic acid groups (broad SMARTS) is 1. The molecule has 1 aromatic rings. The van der Waals surface area contributed by atoms with Crippen molar-refractivity contribution in [3.8, 4) is 5.75 Å². The lowest BCUT2D eigenvalue weighted by Crippen LogP contribution is -2.43. The molecule has 0 radical (unpaired) electrons. The molecule has 0 aromatic heterocycles. The van der Waals surface area contributed by atoms with Crippen molar-refractivity contribution in [3.63, 3.8) is 0 Å². The molecular weight excluding hydrogens is 332 g/mol. The van der Waals surface area contributed by atoms with Crippen LogP contribution in [-0.4, -0.2) is 78.0 Å². The highest BCUT2D eigenvalue weighted by molar-refractivity contribution is 5.85. The predicted molar refractivity (Wildman–Crippen MR) is 95.2 cm³/mol. The summed E-state index contributed by atoms with van der Waals surface area (Å²) >= 11 is 0. The van der Waals surface area contributed by atoms with Crippen LogP contribution in [0.3, 0.4) is 0 Å². The van der Waals surface area contributed by atoms with Gasteiger partial charge in [-0.15, -0.1) is 12.4 Å². The first kappa shape index (κ1) is 20.7. The van der Waals surface area contributed by atoms with Gasteiger partial charge in [0.25, 0.3) is 0 Å². The van der Waals surface area contributed by atoms with Crippen LogP contribution in [0.25, 0.3) is 0 Å². The Morgan fingerprint density at radius 3 is 2.75 bits per heavy atom. The fourth-order valence-electron chi connectivity index (χ4n) is 2.94. The average Bonchev–Trinajstić information content (AvgIpc) is 2.83. The zero-order valence-corrected chi connectivity index (χ0v) is 15.3. The molecule has 1 saturated heterocycles. The van der Waals surface area contributed by atoms with Gasteiger partial charge in [0.15, 0.2) is 0 Å². The summed E-state index contributed by atoms with van der Waals surface area (Å²) in [7, 11) is 1.73. The summed E-state index contributed by atoms with van der Waals surface area (Å²) in [4.78, 5) is 14.6. The number of aliphatic hydroxyl groups excluding tert-OH is 1. The molecule has 1 fully saturated rings. The Kier molecular flexibility index (Phi) is 7.96. The quantitative estimate of drug-likeness (QED) is 0.762. The minimum atomic E-state index is -0.878. The van der Waals surface area contributed by atoms with Gasteiger partial charge in [-0.25, -0.2) is 0 Å². The van der Waals surface area contributed by atoms with Crippen LogP contribution in [0.2, 0.25) is 0 Å². The Hall–Kier alpha value is -1.34. The van der Waals surface area contributed by atoms with E-state index in [-0.39, 0.29) is 25.0 Å². The third-order valence-electron chi connectivity index (χ3n) is 4.29. The molecule has 2 rings (SSSR count). The van der Waals surface area contributed by atoms with E-state index in [1.165, 1.54) is 0 Å². The van der Waals surface area contributed by atoms with E-state index in [0.717, 1.165) is 16.9 Å². The molecule has 0 aliphatic carbocycles. The smallest absolute Gasteiger partial charge is 0.317 e. The van der Waals surface area contributed by atoms with E-state index in [0.29, 0.717) is 26.2 Å². The molecule has 1 aliphatic heterocycles. The Balaban J connectivity index is 0.00000288. The summed E-state index contributed by atoms with van der Waals surface area (Å²) in [6, 6.07) is 5.98. The number of hydrogen-bond donors (Lipinski definition) is 2. The molecular formula is C17H27ClN2O4. The van der Waals surface area contributed by atoms with Gasteiger partial charge in [0.05, 0.1) is 12.6 Å². The molecule has 6 nitrogen and oxygen atoms in total. The molecule has 0 bridgehead atoms. The Labute approximate surface area is 149 Å². The van der Waals surface area contributed by atoms with Crippen molar-refractivity contribution in [3.05, 3.63) is 29.3 Å². The number of aliphatic carboxylic acids is 1. The van der Waals surface area contributed by atoms with E-state index < -0.39 is 12.1 Å². The van der Waals surface area contributed by atoms with Gasteiger partial charge in [-0.05, 0) is 38.1 Å². The van der Waals surface area contributed by atoms with E-state index in [2.05, 4.69) is 11.0 Å². The highest BCUT2D eigenvalue weighted by Crippen LogP contribution is 2.20. The standard InChI is InChI=1S/C17H26N2O4.ClH/c1-12-4-5-13(2)16(8-12)23-7-6-19-9-14(15(20)10-19)18(3)11-17(21)22;/h4-5,8,14-15,20H,6-7,9-11H2,1-3H3,(H,21,22);1H/t14?,15-;/m1./s1.